The van der Waals surface area contributed by atoms with Gasteiger partial charge in [-0.2, -0.15) is 13.2 Å². The zero-order valence-electron chi connectivity index (χ0n) is 16.1. The van der Waals surface area contributed by atoms with Crippen molar-refractivity contribution in [2.45, 2.75) is 25.0 Å². The molecule has 0 bridgehead atoms. The number of methoxy groups -OCH3 is 1. The zero-order valence-corrected chi connectivity index (χ0v) is 17.7. The number of nitrogens with one attached hydrogen (secondary N) is 1. The number of hydrogen-bond acceptors (Lipinski definition) is 7. The highest BCUT2D eigenvalue weighted by atomic mass is 32.2. The maximum atomic E-state index is 13.1. The summed E-state index contributed by atoms with van der Waals surface area (Å²) >= 11 is 2.09. The maximum absolute atomic E-state index is 13.1. The van der Waals surface area contributed by atoms with Crippen molar-refractivity contribution < 1.29 is 27.5 Å². The molecular formula is C19H16F3N3O3S2. The van der Waals surface area contributed by atoms with Crippen LogP contribution >= 0.6 is 23.1 Å². The smallest absolute Gasteiger partial charge is 0.451 e. The van der Waals surface area contributed by atoms with Gasteiger partial charge in [-0.1, -0.05) is 30.0 Å². The summed E-state index contributed by atoms with van der Waals surface area (Å²) in [6.45, 7) is 3.55. The maximum Gasteiger partial charge on any atom is 0.451 e. The fourth-order valence-electron chi connectivity index (χ4n) is 2.64. The number of amides is 1. The molecule has 1 amide bonds. The lowest BCUT2D eigenvalue weighted by molar-refractivity contribution is -0.145. The Morgan fingerprint density at radius 1 is 1.20 bits per heavy atom. The number of halogens is 3. The summed E-state index contributed by atoms with van der Waals surface area (Å²) in [7, 11) is 1.24. The molecule has 30 heavy (non-hydrogen) atoms. The molecule has 3 rings (SSSR count). The van der Waals surface area contributed by atoms with Crippen LogP contribution in [0.15, 0.2) is 29.3 Å². The van der Waals surface area contributed by atoms with E-state index in [2.05, 4.69) is 15.3 Å². The van der Waals surface area contributed by atoms with E-state index in [1.54, 1.807) is 25.1 Å². The largest absolute Gasteiger partial charge is 0.465 e. The second kappa shape index (κ2) is 8.60. The number of hydrogen-bond donors (Lipinski definition) is 1. The third-order valence-corrected chi connectivity index (χ3v) is 6.30. The second-order valence-electron chi connectivity index (χ2n) is 6.18. The van der Waals surface area contributed by atoms with Crippen molar-refractivity contribution in [2.75, 3.05) is 18.2 Å². The van der Waals surface area contributed by atoms with Crippen LogP contribution in [0.4, 0.5) is 18.2 Å². The predicted octanol–water partition coefficient (Wildman–Crippen LogP) is 4.84. The molecule has 0 saturated heterocycles. The number of nitrogens with zero attached hydrogens (tertiary/aromatic N) is 2. The molecule has 11 heteroatoms. The summed E-state index contributed by atoms with van der Waals surface area (Å²) in [6.07, 6.45) is -4.71. The molecule has 3 aromatic rings. The van der Waals surface area contributed by atoms with E-state index in [-0.39, 0.29) is 21.9 Å². The van der Waals surface area contributed by atoms with Crippen molar-refractivity contribution in [3.05, 3.63) is 46.1 Å². The van der Waals surface area contributed by atoms with E-state index in [9.17, 15) is 22.8 Å². The Balaban J connectivity index is 1.83. The Labute approximate surface area is 177 Å². The first-order valence-corrected chi connectivity index (χ1v) is 10.4. The van der Waals surface area contributed by atoms with Crippen LogP contribution < -0.4 is 5.32 Å². The molecule has 0 radical (unpaired) electrons. The highest BCUT2D eigenvalue weighted by molar-refractivity contribution is 8.00. The molecular weight excluding hydrogens is 439 g/mol. The van der Waals surface area contributed by atoms with Crippen LogP contribution in [0, 0.1) is 13.8 Å². The van der Waals surface area contributed by atoms with Gasteiger partial charge >= 0.3 is 12.1 Å². The molecule has 0 aliphatic heterocycles. The molecule has 1 aromatic carbocycles. The van der Waals surface area contributed by atoms with Gasteiger partial charge in [0.2, 0.25) is 11.7 Å². The lowest BCUT2D eigenvalue weighted by Gasteiger charge is -2.10. The first kappa shape index (κ1) is 22.0. The number of anilines is 1. The van der Waals surface area contributed by atoms with Crippen molar-refractivity contribution in [3.8, 4) is 0 Å². The lowest BCUT2D eigenvalue weighted by atomic mass is 10.1. The fourth-order valence-corrected chi connectivity index (χ4v) is 4.53. The Morgan fingerprint density at radius 3 is 2.57 bits per heavy atom. The van der Waals surface area contributed by atoms with E-state index >= 15 is 0 Å². The molecule has 0 unspecified atom stereocenters. The van der Waals surface area contributed by atoms with Gasteiger partial charge in [0.1, 0.15) is 10.0 Å². The van der Waals surface area contributed by atoms with E-state index in [4.69, 9.17) is 4.74 Å². The number of aryl methyl sites for hydroxylation is 1. The summed E-state index contributed by atoms with van der Waals surface area (Å²) in [5.74, 6) is -2.52. The third kappa shape index (κ3) is 4.57. The number of thioether (sulfide) groups is 1. The third-order valence-electron chi connectivity index (χ3n) is 4.19. The number of fused-ring (bicyclic) bond motifs is 1. The van der Waals surface area contributed by atoms with Crippen LogP contribution in [-0.2, 0) is 15.7 Å². The normalized spacial score (nSPS) is 11.5. The van der Waals surface area contributed by atoms with Gasteiger partial charge in [0.15, 0.2) is 0 Å². The Kier molecular flexibility index (Phi) is 6.32. The number of aromatic nitrogens is 2. The Morgan fingerprint density at radius 2 is 1.90 bits per heavy atom. The van der Waals surface area contributed by atoms with Gasteiger partial charge in [-0.05, 0) is 25.5 Å². The van der Waals surface area contributed by atoms with Crippen LogP contribution in [0.1, 0.15) is 26.6 Å². The van der Waals surface area contributed by atoms with Gasteiger partial charge in [0.25, 0.3) is 0 Å². The Hall–Kier alpha value is -2.66. The number of carbonyl (C=O) groups excluding carboxylic acids is 2. The second-order valence-corrected chi connectivity index (χ2v) is 8.37. The van der Waals surface area contributed by atoms with Crippen LogP contribution in [-0.4, -0.2) is 34.7 Å². The van der Waals surface area contributed by atoms with Gasteiger partial charge < -0.3 is 10.1 Å². The van der Waals surface area contributed by atoms with Crippen molar-refractivity contribution >= 4 is 50.9 Å². The standard InChI is InChI=1S/C19H16F3N3O3S2/c1-9-10(2)30-16(14(9)17(27)28-3)24-13(26)8-29-15-11-6-4-5-7-12(11)23-18(25-15)19(20,21)22/h4-7H,8H2,1-3H3,(H,24,26). The molecule has 1 N–H and O–H groups in total. The zero-order chi connectivity index (χ0) is 22.1. The van der Waals surface area contributed by atoms with Crippen molar-refractivity contribution in [2.24, 2.45) is 0 Å². The Bertz CT molecular complexity index is 1130. The number of benzene rings is 1. The molecule has 6 nitrogen and oxygen atoms in total. The predicted molar refractivity (Wildman–Crippen MR) is 109 cm³/mol. The van der Waals surface area contributed by atoms with Gasteiger partial charge in [-0.15, -0.1) is 11.3 Å². The fraction of sp³-hybridized carbons (Fsp3) is 0.263. The molecule has 158 valence electrons. The van der Waals surface area contributed by atoms with Gasteiger partial charge in [0.05, 0.1) is 23.9 Å². The molecule has 0 fully saturated rings. The molecule has 0 spiro atoms. The van der Waals surface area contributed by atoms with Gasteiger partial charge in [0, 0.05) is 10.3 Å². The van der Waals surface area contributed by atoms with E-state index in [0.29, 0.717) is 16.0 Å². The number of esters is 1. The highest BCUT2D eigenvalue weighted by Gasteiger charge is 2.35. The van der Waals surface area contributed by atoms with Crippen molar-refractivity contribution in [1.82, 2.24) is 9.97 Å². The molecule has 0 aliphatic rings. The molecule has 0 aliphatic carbocycles. The summed E-state index contributed by atoms with van der Waals surface area (Å²) in [4.78, 5) is 32.5. The SMILES string of the molecule is COC(=O)c1c(NC(=O)CSc2nc(C(F)(F)F)nc3ccccc23)sc(C)c1C. The van der Waals surface area contributed by atoms with Crippen LogP contribution in [0.5, 0.6) is 0 Å². The molecule has 2 heterocycles. The van der Waals surface area contributed by atoms with Crippen molar-refractivity contribution in [1.29, 1.82) is 0 Å². The van der Waals surface area contributed by atoms with E-state index in [0.717, 1.165) is 16.6 Å². The minimum absolute atomic E-state index is 0.0507. The minimum atomic E-state index is -4.71. The number of carbonyl (C=O) groups is 2. The molecule has 2 aromatic heterocycles. The highest BCUT2D eigenvalue weighted by Crippen LogP contribution is 2.34. The molecule has 0 atom stereocenters. The summed E-state index contributed by atoms with van der Waals surface area (Å²) in [6, 6.07) is 6.28. The number of rotatable bonds is 5. The number of alkyl halides is 3. The quantitative estimate of drug-likeness (QED) is 0.337. The van der Waals surface area contributed by atoms with E-state index in [1.807, 2.05) is 6.92 Å². The summed E-state index contributed by atoms with van der Waals surface area (Å²) in [5.41, 5.74) is 1.11. The topological polar surface area (TPSA) is 81.2 Å². The van der Waals surface area contributed by atoms with Crippen LogP contribution in [0.2, 0.25) is 0 Å². The minimum Gasteiger partial charge on any atom is -0.465 e. The summed E-state index contributed by atoms with van der Waals surface area (Å²) < 4.78 is 44.1. The first-order valence-electron chi connectivity index (χ1n) is 8.56. The monoisotopic (exact) mass is 455 g/mol. The van der Waals surface area contributed by atoms with Crippen LogP contribution in [0.25, 0.3) is 10.9 Å². The van der Waals surface area contributed by atoms with Gasteiger partial charge in [-0.3, -0.25) is 4.79 Å². The van der Waals surface area contributed by atoms with E-state index in [1.165, 1.54) is 24.5 Å². The average molecular weight is 455 g/mol. The van der Waals surface area contributed by atoms with Crippen molar-refractivity contribution in [3.63, 3.8) is 0 Å². The average Bonchev–Trinajstić information content (AvgIpc) is 2.97. The van der Waals surface area contributed by atoms with Crippen LogP contribution in [0.3, 0.4) is 0 Å². The van der Waals surface area contributed by atoms with E-state index < -0.39 is 23.9 Å². The summed E-state index contributed by atoms with van der Waals surface area (Å²) in [5, 5.41) is 3.45. The first-order chi connectivity index (χ1) is 14.1. The molecule has 0 saturated carbocycles. The number of thiophene rings is 1. The number of ether oxygens (including phenoxy) is 1. The number of para-hydroxylation sites is 1. The lowest BCUT2D eigenvalue weighted by Crippen LogP contribution is -2.16. The van der Waals surface area contributed by atoms with Gasteiger partial charge in [-0.25, -0.2) is 14.8 Å².